The number of H-pyrrole nitrogens is 1. The van der Waals surface area contributed by atoms with Gasteiger partial charge in [0, 0.05) is 19.1 Å². The highest BCUT2D eigenvalue weighted by Gasteiger charge is 2.27. The summed E-state index contributed by atoms with van der Waals surface area (Å²) in [6.07, 6.45) is 3.63. The summed E-state index contributed by atoms with van der Waals surface area (Å²) in [6.45, 7) is 7.19. The van der Waals surface area contributed by atoms with Crippen LogP contribution in [0.3, 0.4) is 0 Å². The van der Waals surface area contributed by atoms with Crippen LogP contribution in [0.25, 0.3) is 0 Å². The molecule has 6 heteroatoms. The maximum Gasteiger partial charge on any atom is 0.271 e. The Hall–Kier alpha value is -1.07. The standard InChI is InChI=1S/C13H21ClN4O/c1-9(2)6-15-7-10-4-3-5-18(10)12-11(14)13(19)17-8-16-12/h8-10,15H,3-7H2,1-2H3,(H,16,17,19). The van der Waals surface area contributed by atoms with Crippen LogP contribution < -0.4 is 15.8 Å². The van der Waals surface area contributed by atoms with Crippen molar-refractivity contribution in [1.29, 1.82) is 0 Å². The number of nitrogens with one attached hydrogen (secondary N) is 2. The Labute approximate surface area is 118 Å². The van der Waals surface area contributed by atoms with Gasteiger partial charge in [-0.1, -0.05) is 25.4 Å². The normalized spacial score (nSPS) is 19.4. The molecule has 2 heterocycles. The molecule has 1 unspecified atom stereocenters. The Morgan fingerprint density at radius 3 is 3.16 bits per heavy atom. The average Bonchev–Trinajstić information content (AvgIpc) is 2.80. The number of hydrogen-bond donors (Lipinski definition) is 2. The summed E-state index contributed by atoms with van der Waals surface area (Å²) in [5.74, 6) is 1.25. The van der Waals surface area contributed by atoms with Crippen molar-refractivity contribution in [3.05, 3.63) is 21.7 Å². The topological polar surface area (TPSA) is 61.0 Å². The zero-order chi connectivity index (χ0) is 13.8. The fourth-order valence-corrected chi connectivity index (χ4v) is 2.65. The van der Waals surface area contributed by atoms with Gasteiger partial charge in [0.15, 0.2) is 5.82 Å². The molecule has 1 aromatic heterocycles. The Bertz CT molecular complexity index is 474. The predicted molar refractivity (Wildman–Crippen MR) is 77.9 cm³/mol. The molecule has 1 fully saturated rings. The van der Waals surface area contributed by atoms with Crippen molar-refractivity contribution in [2.75, 3.05) is 24.5 Å². The maximum atomic E-state index is 11.5. The molecule has 0 radical (unpaired) electrons. The fraction of sp³-hybridized carbons (Fsp3) is 0.692. The molecule has 0 saturated carbocycles. The highest BCUT2D eigenvalue weighted by Crippen LogP contribution is 2.27. The molecular weight excluding hydrogens is 264 g/mol. The quantitative estimate of drug-likeness (QED) is 0.863. The van der Waals surface area contributed by atoms with Crippen LogP contribution in [0.1, 0.15) is 26.7 Å². The first-order chi connectivity index (χ1) is 9.09. The van der Waals surface area contributed by atoms with E-state index in [1.165, 1.54) is 6.33 Å². The van der Waals surface area contributed by atoms with E-state index in [0.29, 0.717) is 17.8 Å². The molecule has 106 valence electrons. The summed E-state index contributed by atoms with van der Waals surface area (Å²) in [6, 6.07) is 0.366. The van der Waals surface area contributed by atoms with Crippen molar-refractivity contribution >= 4 is 17.4 Å². The van der Waals surface area contributed by atoms with Gasteiger partial charge in [-0.3, -0.25) is 4.79 Å². The number of hydrogen-bond acceptors (Lipinski definition) is 4. The van der Waals surface area contributed by atoms with Crippen LogP contribution in [0.5, 0.6) is 0 Å². The second kappa shape index (κ2) is 6.39. The van der Waals surface area contributed by atoms with Crippen LogP contribution in [0.2, 0.25) is 5.02 Å². The third-order valence-electron chi connectivity index (χ3n) is 3.36. The molecule has 0 aliphatic carbocycles. The molecule has 0 spiro atoms. The minimum absolute atomic E-state index is 0.193. The molecule has 1 atom stereocenters. The maximum absolute atomic E-state index is 11.5. The molecule has 1 saturated heterocycles. The number of rotatable bonds is 5. The van der Waals surface area contributed by atoms with Crippen molar-refractivity contribution in [2.24, 2.45) is 5.92 Å². The highest BCUT2D eigenvalue weighted by molar-refractivity contribution is 6.32. The fourth-order valence-electron chi connectivity index (χ4n) is 2.44. The summed E-state index contributed by atoms with van der Waals surface area (Å²) in [7, 11) is 0. The summed E-state index contributed by atoms with van der Waals surface area (Å²) >= 11 is 6.05. The lowest BCUT2D eigenvalue weighted by molar-refractivity contribution is 0.511. The van der Waals surface area contributed by atoms with Crippen LogP contribution in [-0.4, -0.2) is 35.6 Å². The van der Waals surface area contributed by atoms with E-state index in [4.69, 9.17) is 11.6 Å². The number of anilines is 1. The number of aromatic amines is 1. The van der Waals surface area contributed by atoms with Gasteiger partial charge in [-0.2, -0.15) is 0 Å². The van der Waals surface area contributed by atoms with Crippen LogP contribution in [0.15, 0.2) is 11.1 Å². The first-order valence-electron chi connectivity index (χ1n) is 6.80. The molecule has 2 rings (SSSR count). The van der Waals surface area contributed by atoms with Gasteiger partial charge in [-0.15, -0.1) is 0 Å². The molecule has 1 aliphatic heterocycles. The number of aromatic nitrogens is 2. The van der Waals surface area contributed by atoms with E-state index in [-0.39, 0.29) is 10.6 Å². The molecular formula is C13H21ClN4O. The van der Waals surface area contributed by atoms with Gasteiger partial charge in [0.05, 0.1) is 6.33 Å². The molecule has 2 N–H and O–H groups in total. The van der Waals surface area contributed by atoms with Crippen molar-refractivity contribution in [3.8, 4) is 0 Å². The van der Waals surface area contributed by atoms with E-state index in [9.17, 15) is 4.79 Å². The van der Waals surface area contributed by atoms with Gasteiger partial charge < -0.3 is 15.2 Å². The molecule has 0 aromatic carbocycles. The second-order valence-corrected chi connectivity index (χ2v) is 5.79. The summed E-state index contributed by atoms with van der Waals surface area (Å²) in [5.41, 5.74) is -0.271. The molecule has 1 aromatic rings. The predicted octanol–water partition coefficient (Wildman–Crippen LogP) is 1.64. The van der Waals surface area contributed by atoms with E-state index < -0.39 is 0 Å². The monoisotopic (exact) mass is 284 g/mol. The lowest BCUT2D eigenvalue weighted by Gasteiger charge is -2.26. The summed E-state index contributed by atoms with van der Waals surface area (Å²) in [5, 5.41) is 3.65. The van der Waals surface area contributed by atoms with Gasteiger partial charge in [-0.25, -0.2) is 4.98 Å². The largest absolute Gasteiger partial charge is 0.351 e. The SMILES string of the molecule is CC(C)CNCC1CCCN1c1nc[nH]c(=O)c1Cl. The lowest BCUT2D eigenvalue weighted by atomic mass is 10.2. The van der Waals surface area contributed by atoms with E-state index in [2.05, 4.69) is 34.0 Å². The second-order valence-electron chi connectivity index (χ2n) is 5.41. The van der Waals surface area contributed by atoms with Gasteiger partial charge >= 0.3 is 0 Å². The van der Waals surface area contributed by atoms with E-state index in [0.717, 1.165) is 32.5 Å². The van der Waals surface area contributed by atoms with Crippen molar-refractivity contribution < 1.29 is 0 Å². The van der Waals surface area contributed by atoms with Crippen molar-refractivity contribution in [1.82, 2.24) is 15.3 Å². The van der Waals surface area contributed by atoms with Crippen LogP contribution in [0, 0.1) is 5.92 Å². The Kier molecular flexibility index (Phi) is 4.82. The third-order valence-corrected chi connectivity index (χ3v) is 3.70. The average molecular weight is 285 g/mol. The first kappa shape index (κ1) is 14.3. The van der Waals surface area contributed by atoms with E-state index in [1.807, 2.05) is 0 Å². The summed E-state index contributed by atoms with van der Waals surface area (Å²) in [4.78, 5) is 20.4. The molecule has 19 heavy (non-hydrogen) atoms. The smallest absolute Gasteiger partial charge is 0.271 e. The third kappa shape index (κ3) is 3.48. The van der Waals surface area contributed by atoms with Gasteiger partial charge in [-0.05, 0) is 25.3 Å². The van der Waals surface area contributed by atoms with E-state index in [1.54, 1.807) is 0 Å². The number of nitrogens with zero attached hydrogens (tertiary/aromatic N) is 2. The minimum Gasteiger partial charge on any atom is -0.351 e. The van der Waals surface area contributed by atoms with E-state index >= 15 is 0 Å². The zero-order valence-electron chi connectivity index (χ0n) is 11.4. The van der Waals surface area contributed by atoms with Crippen LogP contribution in [0.4, 0.5) is 5.82 Å². The molecule has 0 amide bonds. The highest BCUT2D eigenvalue weighted by atomic mass is 35.5. The van der Waals surface area contributed by atoms with Crippen LogP contribution in [-0.2, 0) is 0 Å². The van der Waals surface area contributed by atoms with Crippen molar-refractivity contribution in [3.63, 3.8) is 0 Å². The van der Waals surface area contributed by atoms with Crippen molar-refractivity contribution in [2.45, 2.75) is 32.7 Å². The Morgan fingerprint density at radius 2 is 2.42 bits per heavy atom. The number of halogens is 1. The zero-order valence-corrected chi connectivity index (χ0v) is 12.2. The lowest BCUT2D eigenvalue weighted by Crippen LogP contribution is -2.40. The Morgan fingerprint density at radius 1 is 1.63 bits per heavy atom. The van der Waals surface area contributed by atoms with Crippen LogP contribution >= 0.6 is 11.6 Å². The molecule has 0 bridgehead atoms. The van der Waals surface area contributed by atoms with Gasteiger partial charge in [0.25, 0.3) is 5.56 Å². The summed E-state index contributed by atoms with van der Waals surface area (Å²) < 4.78 is 0. The first-order valence-corrected chi connectivity index (χ1v) is 7.18. The van der Waals surface area contributed by atoms with Gasteiger partial charge in [0.1, 0.15) is 5.02 Å². The van der Waals surface area contributed by atoms with Gasteiger partial charge in [0.2, 0.25) is 0 Å². The molecule has 1 aliphatic rings. The Balaban J connectivity index is 2.06. The minimum atomic E-state index is -0.271. The molecule has 5 nitrogen and oxygen atoms in total.